The normalized spacial score (nSPS) is 10.6. The molecule has 1 aromatic carbocycles. The molecule has 19 heavy (non-hydrogen) atoms. The Morgan fingerprint density at radius 2 is 2.11 bits per heavy atom. The van der Waals surface area contributed by atoms with Gasteiger partial charge in [-0.15, -0.1) is 0 Å². The molecule has 2 rings (SSSR count). The van der Waals surface area contributed by atoms with Crippen molar-refractivity contribution in [2.24, 2.45) is 0 Å². The summed E-state index contributed by atoms with van der Waals surface area (Å²) in [6.07, 6.45) is 4.51. The van der Waals surface area contributed by atoms with Crippen LogP contribution < -0.4 is 5.32 Å². The van der Waals surface area contributed by atoms with Crippen molar-refractivity contribution in [1.82, 2.24) is 9.55 Å². The Hall–Kier alpha value is -1.88. The lowest BCUT2D eigenvalue weighted by molar-refractivity contribution is 0.187. The molecule has 0 saturated heterocycles. The van der Waals surface area contributed by atoms with Crippen LogP contribution in [0.4, 0.5) is 10.3 Å². The van der Waals surface area contributed by atoms with Gasteiger partial charge in [-0.1, -0.05) is 12.1 Å². The summed E-state index contributed by atoms with van der Waals surface area (Å²) in [5.74, 6) is 0.631. The number of halogens is 1. The van der Waals surface area contributed by atoms with Crippen LogP contribution in [0.1, 0.15) is 5.56 Å². The molecular formula is C14H18FN3O. The number of nitrogens with zero attached hydrogens (tertiary/aromatic N) is 2. The minimum Gasteiger partial charge on any atom is -0.383 e. The minimum atomic E-state index is -0.202. The van der Waals surface area contributed by atoms with Crippen LogP contribution >= 0.6 is 0 Å². The van der Waals surface area contributed by atoms with E-state index in [0.29, 0.717) is 6.61 Å². The first-order valence-corrected chi connectivity index (χ1v) is 6.28. The number of aromatic nitrogens is 2. The second-order valence-corrected chi connectivity index (χ2v) is 4.24. The van der Waals surface area contributed by atoms with E-state index in [1.54, 1.807) is 25.4 Å². The molecule has 0 aliphatic heterocycles. The zero-order valence-electron chi connectivity index (χ0n) is 11.0. The van der Waals surface area contributed by atoms with Crippen molar-refractivity contribution in [2.45, 2.75) is 13.0 Å². The van der Waals surface area contributed by atoms with E-state index in [-0.39, 0.29) is 5.82 Å². The fourth-order valence-electron chi connectivity index (χ4n) is 1.82. The molecule has 0 aliphatic rings. The van der Waals surface area contributed by atoms with Gasteiger partial charge in [0.25, 0.3) is 0 Å². The maximum atomic E-state index is 12.8. The van der Waals surface area contributed by atoms with Gasteiger partial charge in [0.05, 0.1) is 6.61 Å². The van der Waals surface area contributed by atoms with Crippen LogP contribution in [0.5, 0.6) is 0 Å². The summed E-state index contributed by atoms with van der Waals surface area (Å²) in [6.45, 7) is 2.19. The summed E-state index contributed by atoms with van der Waals surface area (Å²) < 4.78 is 19.8. The number of nitrogens with one attached hydrogen (secondary N) is 1. The Morgan fingerprint density at radius 3 is 2.84 bits per heavy atom. The van der Waals surface area contributed by atoms with Gasteiger partial charge in [-0.3, -0.25) is 0 Å². The van der Waals surface area contributed by atoms with Crippen LogP contribution in [0.2, 0.25) is 0 Å². The monoisotopic (exact) mass is 263 g/mol. The summed E-state index contributed by atoms with van der Waals surface area (Å²) in [7, 11) is 1.68. The molecule has 0 bridgehead atoms. The minimum absolute atomic E-state index is 0.202. The van der Waals surface area contributed by atoms with Gasteiger partial charge in [0.1, 0.15) is 5.82 Å². The van der Waals surface area contributed by atoms with Crippen molar-refractivity contribution in [1.29, 1.82) is 0 Å². The Labute approximate surface area is 112 Å². The van der Waals surface area contributed by atoms with E-state index in [1.807, 2.05) is 10.8 Å². The van der Waals surface area contributed by atoms with Crippen molar-refractivity contribution in [3.8, 4) is 0 Å². The highest BCUT2D eigenvalue weighted by Crippen LogP contribution is 2.06. The van der Waals surface area contributed by atoms with E-state index >= 15 is 0 Å². The average molecular weight is 263 g/mol. The molecule has 0 fully saturated rings. The van der Waals surface area contributed by atoms with Gasteiger partial charge in [0.15, 0.2) is 0 Å². The second-order valence-electron chi connectivity index (χ2n) is 4.24. The van der Waals surface area contributed by atoms with Crippen LogP contribution in [-0.2, 0) is 17.7 Å². The molecule has 5 heteroatoms. The Morgan fingerprint density at radius 1 is 1.32 bits per heavy atom. The Balaban J connectivity index is 1.82. The summed E-state index contributed by atoms with van der Waals surface area (Å²) >= 11 is 0. The summed E-state index contributed by atoms with van der Waals surface area (Å²) in [4.78, 5) is 4.25. The molecule has 0 unspecified atom stereocenters. The van der Waals surface area contributed by atoms with Gasteiger partial charge in [0, 0.05) is 32.6 Å². The topological polar surface area (TPSA) is 39.1 Å². The van der Waals surface area contributed by atoms with E-state index in [0.717, 1.165) is 31.0 Å². The molecule has 102 valence electrons. The first kappa shape index (κ1) is 13.5. The van der Waals surface area contributed by atoms with Crippen LogP contribution in [-0.4, -0.2) is 29.8 Å². The van der Waals surface area contributed by atoms with Crippen LogP contribution in [0.15, 0.2) is 36.7 Å². The summed E-state index contributed by atoms with van der Waals surface area (Å²) in [5.41, 5.74) is 1.10. The lowest BCUT2D eigenvalue weighted by atomic mass is 10.1. The van der Waals surface area contributed by atoms with Crippen molar-refractivity contribution in [3.05, 3.63) is 48.0 Å². The van der Waals surface area contributed by atoms with E-state index in [2.05, 4.69) is 10.3 Å². The molecule has 1 heterocycles. The number of hydrogen-bond acceptors (Lipinski definition) is 3. The van der Waals surface area contributed by atoms with Crippen molar-refractivity contribution < 1.29 is 9.13 Å². The van der Waals surface area contributed by atoms with Gasteiger partial charge < -0.3 is 14.6 Å². The highest BCUT2D eigenvalue weighted by atomic mass is 19.1. The largest absolute Gasteiger partial charge is 0.383 e. The lowest BCUT2D eigenvalue weighted by Crippen LogP contribution is -2.12. The third-order valence-electron chi connectivity index (χ3n) is 2.86. The molecule has 0 amide bonds. The molecule has 1 N–H and O–H groups in total. The maximum Gasteiger partial charge on any atom is 0.202 e. The number of hydrogen-bond donors (Lipinski definition) is 1. The first-order valence-electron chi connectivity index (χ1n) is 6.28. The number of imidazole rings is 1. The van der Waals surface area contributed by atoms with E-state index in [1.165, 1.54) is 12.1 Å². The number of methoxy groups -OCH3 is 1. The smallest absolute Gasteiger partial charge is 0.202 e. The van der Waals surface area contributed by atoms with Crippen LogP contribution in [0, 0.1) is 5.82 Å². The maximum absolute atomic E-state index is 12.8. The molecule has 0 aliphatic carbocycles. The molecule has 4 nitrogen and oxygen atoms in total. The van der Waals surface area contributed by atoms with Crippen molar-refractivity contribution in [2.75, 3.05) is 25.6 Å². The quantitative estimate of drug-likeness (QED) is 0.833. The molecule has 0 radical (unpaired) electrons. The number of anilines is 1. The number of benzene rings is 1. The highest BCUT2D eigenvalue weighted by molar-refractivity contribution is 5.27. The van der Waals surface area contributed by atoms with E-state index in [9.17, 15) is 4.39 Å². The van der Waals surface area contributed by atoms with E-state index < -0.39 is 0 Å². The lowest BCUT2D eigenvalue weighted by Gasteiger charge is -2.09. The van der Waals surface area contributed by atoms with Crippen LogP contribution in [0.25, 0.3) is 0 Å². The van der Waals surface area contributed by atoms with Gasteiger partial charge in [-0.05, 0) is 24.1 Å². The number of ether oxygens (including phenoxy) is 1. The standard InChI is InChI=1S/C14H18FN3O/c1-19-11-10-18-9-8-17-14(18)16-7-6-12-2-4-13(15)5-3-12/h2-5,8-9H,6-7,10-11H2,1H3,(H,16,17). The zero-order valence-corrected chi connectivity index (χ0v) is 11.0. The fraction of sp³-hybridized carbons (Fsp3) is 0.357. The molecule has 0 spiro atoms. The second kappa shape index (κ2) is 6.89. The first-order chi connectivity index (χ1) is 9.29. The molecule has 0 saturated carbocycles. The fourth-order valence-corrected chi connectivity index (χ4v) is 1.82. The predicted molar refractivity (Wildman–Crippen MR) is 72.7 cm³/mol. The third-order valence-corrected chi connectivity index (χ3v) is 2.86. The van der Waals surface area contributed by atoms with Gasteiger partial charge in [0.2, 0.25) is 5.95 Å². The highest BCUT2D eigenvalue weighted by Gasteiger charge is 2.01. The van der Waals surface area contributed by atoms with E-state index in [4.69, 9.17) is 4.74 Å². The molecule has 0 atom stereocenters. The van der Waals surface area contributed by atoms with Gasteiger partial charge in [-0.25, -0.2) is 9.37 Å². The average Bonchev–Trinajstić information content (AvgIpc) is 2.86. The van der Waals surface area contributed by atoms with Crippen molar-refractivity contribution in [3.63, 3.8) is 0 Å². The van der Waals surface area contributed by atoms with Crippen molar-refractivity contribution >= 4 is 5.95 Å². The van der Waals surface area contributed by atoms with Crippen LogP contribution in [0.3, 0.4) is 0 Å². The predicted octanol–water partition coefficient (Wildman–Crippen LogP) is 2.32. The molecule has 1 aromatic heterocycles. The molecular weight excluding hydrogens is 245 g/mol. The van der Waals surface area contributed by atoms with Gasteiger partial charge in [-0.2, -0.15) is 0 Å². The SMILES string of the molecule is COCCn1ccnc1NCCc1ccc(F)cc1. The summed E-state index contributed by atoms with van der Waals surface area (Å²) in [6, 6.07) is 6.56. The summed E-state index contributed by atoms with van der Waals surface area (Å²) in [5, 5.41) is 3.27. The number of rotatable bonds is 7. The Kier molecular flexibility index (Phi) is 4.92. The third kappa shape index (κ3) is 4.06. The zero-order chi connectivity index (χ0) is 13.5. The molecule has 2 aromatic rings. The Bertz CT molecular complexity index is 496. The van der Waals surface area contributed by atoms with Gasteiger partial charge >= 0.3 is 0 Å².